The zero-order chi connectivity index (χ0) is 18.8. The van der Waals surface area contributed by atoms with Crippen LogP contribution in [0.4, 0.5) is 0 Å². The maximum Gasteiger partial charge on any atom is 0.329 e. The van der Waals surface area contributed by atoms with E-state index in [9.17, 15) is 4.79 Å². The van der Waals surface area contributed by atoms with Crippen LogP contribution in [0.25, 0.3) is 11.0 Å². The van der Waals surface area contributed by atoms with Crippen LogP contribution in [0, 0.1) is 17.8 Å². The van der Waals surface area contributed by atoms with Gasteiger partial charge in [0.1, 0.15) is 18.0 Å². The fraction of sp³-hybridized carbons (Fsp3) is 0.636. The molecule has 142 valence electrons. The van der Waals surface area contributed by atoms with Gasteiger partial charge in [-0.2, -0.15) is 0 Å². The fourth-order valence-electron chi connectivity index (χ4n) is 4.38. The van der Waals surface area contributed by atoms with Crippen molar-refractivity contribution in [3.8, 4) is 0 Å². The van der Waals surface area contributed by atoms with Crippen LogP contribution in [0.1, 0.15) is 65.7 Å². The number of carbonyl (C=O) groups excluding carboxylic acids is 1. The van der Waals surface area contributed by atoms with Crippen LogP contribution in [0.5, 0.6) is 0 Å². The zero-order valence-corrected chi connectivity index (χ0v) is 16.7. The molecule has 0 amide bonds. The van der Waals surface area contributed by atoms with Crippen molar-refractivity contribution in [2.45, 2.75) is 72.4 Å². The Bertz CT molecular complexity index is 765. The molecule has 1 aliphatic rings. The quantitative estimate of drug-likeness (QED) is 0.695. The SMILES string of the molecule is CCc1nc2ccccc2n1[C@H](C)C(=O)O[C@H]1CC(C)CCC1C(C)C. The topological polar surface area (TPSA) is 44.1 Å². The number of ether oxygens (including phenoxy) is 1. The lowest BCUT2D eigenvalue weighted by atomic mass is 9.75. The molecule has 0 N–H and O–H groups in total. The molecule has 1 heterocycles. The van der Waals surface area contributed by atoms with Crippen LogP contribution < -0.4 is 0 Å². The highest BCUT2D eigenvalue weighted by Crippen LogP contribution is 2.36. The van der Waals surface area contributed by atoms with Crippen molar-refractivity contribution >= 4 is 17.0 Å². The Morgan fingerprint density at radius 1 is 1.27 bits per heavy atom. The van der Waals surface area contributed by atoms with E-state index in [1.807, 2.05) is 35.8 Å². The molecular weight excluding hydrogens is 324 g/mol. The number of benzene rings is 1. The first-order valence-electron chi connectivity index (χ1n) is 10.1. The Morgan fingerprint density at radius 3 is 2.69 bits per heavy atom. The van der Waals surface area contributed by atoms with Gasteiger partial charge < -0.3 is 9.30 Å². The molecule has 1 aromatic heterocycles. The van der Waals surface area contributed by atoms with Crippen LogP contribution in [0.2, 0.25) is 0 Å². The van der Waals surface area contributed by atoms with Crippen molar-refractivity contribution in [1.82, 2.24) is 9.55 Å². The van der Waals surface area contributed by atoms with Gasteiger partial charge in [-0.1, -0.05) is 46.2 Å². The number of aromatic nitrogens is 2. The molecule has 4 nitrogen and oxygen atoms in total. The molecule has 0 aliphatic heterocycles. The third-order valence-electron chi connectivity index (χ3n) is 5.94. The summed E-state index contributed by atoms with van der Waals surface area (Å²) >= 11 is 0. The first kappa shape index (κ1) is 18.9. The van der Waals surface area contributed by atoms with Crippen molar-refractivity contribution in [3.63, 3.8) is 0 Å². The number of hydrogen-bond donors (Lipinski definition) is 0. The third kappa shape index (κ3) is 3.65. The van der Waals surface area contributed by atoms with Gasteiger partial charge in [0.25, 0.3) is 0 Å². The standard InChI is InChI=1S/C22H32N2O2/c1-6-21-23-18-9-7-8-10-19(18)24(21)16(5)22(25)26-20-13-15(4)11-12-17(20)14(2)3/h7-10,14-17,20H,6,11-13H2,1-5H3/t15?,16-,17?,20+/m1/s1. The molecule has 26 heavy (non-hydrogen) atoms. The largest absolute Gasteiger partial charge is 0.461 e. The maximum absolute atomic E-state index is 13.0. The molecule has 1 fully saturated rings. The number of hydrogen-bond acceptors (Lipinski definition) is 3. The summed E-state index contributed by atoms with van der Waals surface area (Å²) in [6.07, 6.45) is 4.19. The number of esters is 1. The molecule has 0 radical (unpaired) electrons. The highest BCUT2D eigenvalue weighted by molar-refractivity contribution is 5.81. The average molecular weight is 357 g/mol. The van der Waals surface area contributed by atoms with Gasteiger partial charge in [0, 0.05) is 6.42 Å². The lowest BCUT2D eigenvalue weighted by molar-refractivity contribution is -0.159. The van der Waals surface area contributed by atoms with Crippen LogP contribution in [-0.2, 0) is 16.0 Å². The van der Waals surface area contributed by atoms with E-state index in [-0.39, 0.29) is 18.1 Å². The summed E-state index contributed by atoms with van der Waals surface area (Å²) in [4.78, 5) is 17.7. The van der Waals surface area contributed by atoms with Gasteiger partial charge >= 0.3 is 5.97 Å². The monoisotopic (exact) mass is 356 g/mol. The summed E-state index contributed by atoms with van der Waals surface area (Å²) in [5, 5.41) is 0. The highest BCUT2D eigenvalue weighted by Gasteiger charge is 2.35. The molecule has 2 aromatic rings. The second kappa shape index (κ2) is 7.81. The predicted molar refractivity (Wildman–Crippen MR) is 105 cm³/mol. The first-order chi connectivity index (χ1) is 12.4. The van der Waals surface area contributed by atoms with Gasteiger partial charge in [-0.25, -0.2) is 9.78 Å². The molecule has 0 saturated heterocycles. The van der Waals surface area contributed by atoms with Crippen LogP contribution in [0.15, 0.2) is 24.3 Å². The van der Waals surface area contributed by atoms with Crippen molar-refractivity contribution in [1.29, 1.82) is 0 Å². The fourth-order valence-corrected chi connectivity index (χ4v) is 4.38. The second-order valence-electron chi connectivity index (χ2n) is 8.22. The molecule has 1 aromatic carbocycles. The zero-order valence-electron chi connectivity index (χ0n) is 16.7. The molecule has 2 unspecified atom stereocenters. The number of carbonyl (C=O) groups is 1. The van der Waals surface area contributed by atoms with Crippen LogP contribution in [0.3, 0.4) is 0 Å². The van der Waals surface area contributed by atoms with Gasteiger partial charge in [0.05, 0.1) is 11.0 Å². The minimum Gasteiger partial charge on any atom is -0.461 e. The lowest BCUT2D eigenvalue weighted by Crippen LogP contribution is -2.37. The smallest absolute Gasteiger partial charge is 0.329 e. The average Bonchev–Trinajstić information content (AvgIpc) is 2.99. The van der Waals surface area contributed by atoms with E-state index in [4.69, 9.17) is 9.72 Å². The Labute approximate surface area is 156 Å². The summed E-state index contributed by atoms with van der Waals surface area (Å²) in [6, 6.07) is 7.65. The summed E-state index contributed by atoms with van der Waals surface area (Å²) < 4.78 is 8.13. The van der Waals surface area contributed by atoms with E-state index in [0.717, 1.165) is 36.1 Å². The number of aryl methyl sites for hydroxylation is 1. The van der Waals surface area contributed by atoms with Gasteiger partial charge in [0.2, 0.25) is 0 Å². The number of nitrogens with zero attached hydrogens (tertiary/aromatic N) is 2. The van der Waals surface area contributed by atoms with Crippen LogP contribution in [-0.4, -0.2) is 21.6 Å². The minimum absolute atomic E-state index is 0.0357. The van der Waals surface area contributed by atoms with Crippen molar-refractivity contribution < 1.29 is 9.53 Å². The van der Waals surface area contributed by atoms with E-state index < -0.39 is 0 Å². The predicted octanol–water partition coefficient (Wildman–Crippen LogP) is 5.16. The van der Waals surface area contributed by atoms with Gasteiger partial charge in [-0.05, 0) is 49.7 Å². The Kier molecular flexibility index (Phi) is 5.69. The lowest BCUT2D eigenvalue weighted by Gasteiger charge is -2.37. The molecule has 3 rings (SSSR count). The summed E-state index contributed by atoms with van der Waals surface area (Å²) in [5.74, 6) is 2.43. The first-order valence-corrected chi connectivity index (χ1v) is 10.1. The Balaban J connectivity index is 1.83. The second-order valence-corrected chi connectivity index (χ2v) is 8.22. The number of rotatable bonds is 5. The molecule has 0 bridgehead atoms. The Morgan fingerprint density at radius 2 is 2.00 bits per heavy atom. The van der Waals surface area contributed by atoms with E-state index in [1.54, 1.807) is 0 Å². The van der Waals surface area contributed by atoms with Crippen molar-refractivity contribution in [3.05, 3.63) is 30.1 Å². The van der Waals surface area contributed by atoms with Gasteiger partial charge in [0.15, 0.2) is 0 Å². The normalized spacial score (nSPS) is 24.8. The summed E-state index contributed by atoms with van der Waals surface area (Å²) in [7, 11) is 0. The molecular formula is C22H32N2O2. The molecule has 4 heteroatoms. The summed E-state index contributed by atoms with van der Waals surface area (Å²) in [6.45, 7) is 10.8. The van der Waals surface area contributed by atoms with E-state index in [0.29, 0.717) is 17.8 Å². The summed E-state index contributed by atoms with van der Waals surface area (Å²) in [5.41, 5.74) is 1.95. The number of imidazole rings is 1. The Hall–Kier alpha value is -1.84. The maximum atomic E-state index is 13.0. The van der Waals surface area contributed by atoms with Crippen molar-refractivity contribution in [2.75, 3.05) is 0 Å². The molecule has 1 aliphatic carbocycles. The van der Waals surface area contributed by atoms with Crippen molar-refractivity contribution in [2.24, 2.45) is 17.8 Å². The van der Waals surface area contributed by atoms with E-state index in [1.165, 1.54) is 6.42 Å². The van der Waals surface area contributed by atoms with Gasteiger partial charge in [-0.3, -0.25) is 0 Å². The van der Waals surface area contributed by atoms with Gasteiger partial charge in [-0.15, -0.1) is 0 Å². The molecule has 1 saturated carbocycles. The van der Waals surface area contributed by atoms with Crippen LogP contribution >= 0.6 is 0 Å². The minimum atomic E-state index is -0.359. The number of fused-ring (bicyclic) bond motifs is 1. The van der Waals surface area contributed by atoms with E-state index in [2.05, 4.69) is 27.7 Å². The highest BCUT2D eigenvalue weighted by atomic mass is 16.5. The molecule has 0 spiro atoms. The number of para-hydroxylation sites is 2. The molecule has 4 atom stereocenters. The van der Waals surface area contributed by atoms with E-state index >= 15 is 0 Å². The third-order valence-corrected chi connectivity index (χ3v) is 5.94.